The molecule has 1 aromatic carbocycles. The van der Waals surface area contributed by atoms with Crippen molar-refractivity contribution in [2.24, 2.45) is 0 Å². The minimum absolute atomic E-state index is 0.0232. The van der Waals surface area contributed by atoms with Gasteiger partial charge in [0.05, 0.1) is 0 Å². The lowest BCUT2D eigenvalue weighted by Crippen LogP contribution is -2.49. The minimum Gasteiger partial charge on any atom is -0.335 e. The lowest BCUT2D eigenvalue weighted by Gasteiger charge is -2.24. The number of para-hydroxylation sites is 1. The zero-order valence-corrected chi connectivity index (χ0v) is 12.8. The standard InChI is InChI=1S/C17H23N3O2/c21-16-15(11-12-20(16)14-9-5-2-6-10-14)19-17(22)18-13-7-3-1-4-8-13/h2,5-6,9-10,13,15H,1,3-4,7-8,11-12H2,(H2,18,19,22)/t15-/m1/s1. The number of nitrogens with one attached hydrogen (secondary N) is 2. The summed E-state index contributed by atoms with van der Waals surface area (Å²) >= 11 is 0. The monoisotopic (exact) mass is 301 g/mol. The zero-order chi connectivity index (χ0) is 15.4. The van der Waals surface area contributed by atoms with Crippen LogP contribution in [0.5, 0.6) is 0 Å². The van der Waals surface area contributed by atoms with E-state index in [0.717, 1.165) is 18.5 Å². The molecule has 5 heteroatoms. The Hall–Kier alpha value is -2.04. The summed E-state index contributed by atoms with van der Waals surface area (Å²) in [5, 5.41) is 5.83. The summed E-state index contributed by atoms with van der Waals surface area (Å²) in [6.07, 6.45) is 6.35. The molecular weight excluding hydrogens is 278 g/mol. The lowest BCUT2D eigenvalue weighted by atomic mass is 9.96. The van der Waals surface area contributed by atoms with E-state index in [1.807, 2.05) is 30.3 Å². The van der Waals surface area contributed by atoms with E-state index in [9.17, 15) is 9.59 Å². The van der Waals surface area contributed by atoms with Gasteiger partial charge < -0.3 is 15.5 Å². The molecular formula is C17H23N3O2. The van der Waals surface area contributed by atoms with Gasteiger partial charge in [0.15, 0.2) is 0 Å². The van der Waals surface area contributed by atoms with E-state index >= 15 is 0 Å². The number of carbonyl (C=O) groups excluding carboxylic acids is 2. The third-order valence-corrected chi connectivity index (χ3v) is 4.52. The van der Waals surface area contributed by atoms with Crippen LogP contribution in [0.3, 0.4) is 0 Å². The molecule has 1 saturated heterocycles. The Morgan fingerprint density at radius 2 is 1.73 bits per heavy atom. The highest BCUT2D eigenvalue weighted by Gasteiger charge is 2.33. The second-order valence-electron chi connectivity index (χ2n) is 6.12. The van der Waals surface area contributed by atoms with Crippen molar-refractivity contribution in [2.75, 3.05) is 11.4 Å². The minimum atomic E-state index is -0.413. The lowest BCUT2D eigenvalue weighted by molar-refractivity contribution is -0.118. The molecule has 1 atom stereocenters. The molecule has 0 unspecified atom stereocenters. The fraction of sp³-hybridized carbons (Fsp3) is 0.529. The first kappa shape index (κ1) is 14.9. The molecule has 2 aliphatic rings. The van der Waals surface area contributed by atoms with E-state index in [1.165, 1.54) is 19.3 Å². The van der Waals surface area contributed by atoms with Crippen LogP contribution in [0.1, 0.15) is 38.5 Å². The molecule has 0 spiro atoms. The molecule has 22 heavy (non-hydrogen) atoms. The van der Waals surface area contributed by atoms with E-state index in [2.05, 4.69) is 10.6 Å². The number of hydrogen-bond acceptors (Lipinski definition) is 2. The van der Waals surface area contributed by atoms with Gasteiger partial charge in [-0.2, -0.15) is 0 Å². The smallest absolute Gasteiger partial charge is 0.315 e. The van der Waals surface area contributed by atoms with Gasteiger partial charge in [0.25, 0.3) is 0 Å². The van der Waals surface area contributed by atoms with Crippen LogP contribution >= 0.6 is 0 Å². The summed E-state index contributed by atoms with van der Waals surface area (Å²) in [4.78, 5) is 26.2. The molecule has 5 nitrogen and oxygen atoms in total. The number of anilines is 1. The van der Waals surface area contributed by atoms with Crippen LogP contribution in [0, 0.1) is 0 Å². The van der Waals surface area contributed by atoms with Crippen molar-refractivity contribution in [3.8, 4) is 0 Å². The summed E-state index contributed by atoms with van der Waals surface area (Å²) < 4.78 is 0. The molecule has 1 aliphatic heterocycles. The quantitative estimate of drug-likeness (QED) is 0.900. The van der Waals surface area contributed by atoms with Gasteiger partial charge in [-0.25, -0.2) is 4.79 Å². The maximum absolute atomic E-state index is 12.4. The zero-order valence-electron chi connectivity index (χ0n) is 12.8. The van der Waals surface area contributed by atoms with Gasteiger partial charge in [-0.1, -0.05) is 37.5 Å². The Bertz CT molecular complexity index is 526. The Balaban J connectivity index is 1.53. The van der Waals surface area contributed by atoms with Crippen molar-refractivity contribution in [3.05, 3.63) is 30.3 Å². The topological polar surface area (TPSA) is 61.4 Å². The Morgan fingerprint density at radius 3 is 2.45 bits per heavy atom. The molecule has 3 amide bonds. The maximum Gasteiger partial charge on any atom is 0.315 e. The summed E-state index contributed by atoms with van der Waals surface area (Å²) in [5.41, 5.74) is 0.893. The van der Waals surface area contributed by atoms with Crippen molar-refractivity contribution in [2.45, 2.75) is 50.6 Å². The van der Waals surface area contributed by atoms with Crippen LogP contribution in [-0.4, -0.2) is 30.6 Å². The predicted molar refractivity (Wildman–Crippen MR) is 85.7 cm³/mol. The molecule has 3 rings (SSSR count). The molecule has 0 bridgehead atoms. The van der Waals surface area contributed by atoms with Gasteiger partial charge in [-0.3, -0.25) is 4.79 Å². The highest BCUT2D eigenvalue weighted by atomic mass is 16.2. The largest absolute Gasteiger partial charge is 0.335 e. The van der Waals surface area contributed by atoms with Gasteiger partial charge in [-0.15, -0.1) is 0 Å². The molecule has 0 aromatic heterocycles. The molecule has 0 radical (unpaired) electrons. The van der Waals surface area contributed by atoms with Crippen molar-refractivity contribution < 1.29 is 9.59 Å². The number of urea groups is 1. The normalized spacial score (nSPS) is 22.6. The number of benzene rings is 1. The number of nitrogens with zero attached hydrogens (tertiary/aromatic N) is 1. The number of rotatable bonds is 3. The second-order valence-corrected chi connectivity index (χ2v) is 6.12. The molecule has 2 N–H and O–H groups in total. The van der Waals surface area contributed by atoms with E-state index in [1.54, 1.807) is 4.90 Å². The van der Waals surface area contributed by atoms with Crippen molar-refractivity contribution in [3.63, 3.8) is 0 Å². The summed E-state index contributed by atoms with van der Waals surface area (Å²) in [6, 6.07) is 9.24. The molecule has 2 fully saturated rings. The number of carbonyl (C=O) groups is 2. The Kier molecular flexibility index (Phi) is 4.61. The van der Waals surface area contributed by atoms with Crippen LogP contribution in [0.4, 0.5) is 10.5 Å². The summed E-state index contributed by atoms with van der Waals surface area (Å²) in [6.45, 7) is 0.650. The molecule has 1 aliphatic carbocycles. The predicted octanol–water partition coefficient (Wildman–Crippen LogP) is 2.42. The van der Waals surface area contributed by atoms with Crippen molar-refractivity contribution >= 4 is 17.6 Å². The van der Waals surface area contributed by atoms with Crippen LogP contribution in [0.2, 0.25) is 0 Å². The highest BCUT2D eigenvalue weighted by molar-refractivity contribution is 6.01. The first-order valence-corrected chi connectivity index (χ1v) is 8.17. The SMILES string of the molecule is O=C(NC1CCCCC1)N[C@@H]1CCN(c2ccccc2)C1=O. The van der Waals surface area contributed by atoms with E-state index in [-0.39, 0.29) is 18.0 Å². The van der Waals surface area contributed by atoms with Gasteiger partial charge in [-0.05, 0) is 31.4 Å². The van der Waals surface area contributed by atoms with E-state index in [0.29, 0.717) is 13.0 Å². The highest BCUT2D eigenvalue weighted by Crippen LogP contribution is 2.21. The molecule has 1 saturated carbocycles. The van der Waals surface area contributed by atoms with Crippen LogP contribution in [0.25, 0.3) is 0 Å². The third kappa shape index (κ3) is 3.40. The third-order valence-electron chi connectivity index (χ3n) is 4.52. The van der Waals surface area contributed by atoms with Crippen molar-refractivity contribution in [1.82, 2.24) is 10.6 Å². The first-order chi connectivity index (χ1) is 10.7. The van der Waals surface area contributed by atoms with E-state index < -0.39 is 6.04 Å². The van der Waals surface area contributed by atoms with Crippen LogP contribution < -0.4 is 15.5 Å². The number of hydrogen-bond donors (Lipinski definition) is 2. The molecule has 1 aromatic rings. The maximum atomic E-state index is 12.4. The fourth-order valence-corrected chi connectivity index (χ4v) is 3.31. The first-order valence-electron chi connectivity index (χ1n) is 8.17. The Labute approximate surface area is 131 Å². The van der Waals surface area contributed by atoms with Gasteiger partial charge in [0.1, 0.15) is 6.04 Å². The average molecular weight is 301 g/mol. The van der Waals surface area contributed by atoms with Gasteiger partial charge in [0, 0.05) is 18.3 Å². The Morgan fingerprint density at radius 1 is 1.00 bits per heavy atom. The van der Waals surface area contributed by atoms with Crippen LogP contribution in [-0.2, 0) is 4.79 Å². The fourth-order valence-electron chi connectivity index (χ4n) is 3.31. The summed E-state index contributed by atoms with van der Waals surface area (Å²) in [7, 11) is 0. The molecule has 118 valence electrons. The van der Waals surface area contributed by atoms with E-state index in [4.69, 9.17) is 0 Å². The van der Waals surface area contributed by atoms with Crippen LogP contribution in [0.15, 0.2) is 30.3 Å². The average Bonchev–Trinajstić information content (AvgIpc) is 2.90. The summed E-state index contributed by atoms with van der Waals surface area (Å²) in [5.74, 6) is -0.0232. The van der Waals surface area contributed by atoms with Gasteiger partial charge >= 0.3 is 6.03 Å². The van der Waals surface area contributed by atoms with Gasteiger partial charge in [0.2, 0.25) is 5.91 Å². The molecule has 1 heterocycles. The second kappa shape index (κ2) is 6.81. The number of amides is 3. The van der Waals surface area contributed by atoms with Crippen molar-refractivity contribution in [1.29, 1.82) is 0 Å².